The molecule has 2 aromatic heterocycles. The lowest BCUT2D eigenvalue weighted by molar-refractivity contribution is 0.398. The van der Waals surface area contributed by atoms with Gasteiger partial charge in [-0.15, -0.1) is 22.7 Å². The van der Waals surface area contributed by atoms with Gasteiger partial charge in [0.1, 0.15) is 0 Å². The molecule has 2 aliphatic rings. The number of fused-ring (bicyclic) bond motifs is 6. The summed E-state index contributed by atoms with van der Waals surface area (Å²) in [4.78, 5) is 5.62. The molecule has 2 heterocycles. The molecule has 0 N–H and O–H groups in total. The molecule has 72 heavy (non-hydrogen) atoms. The molecule has 6 aromatic rings. The van der Waals surface area contributed by atoms with Gasteiger partial charge in [0.2, 0.25) is 0 Å². The van der Waals surface area contributed by atoms with Gasteiger partial charge in [-0.2, -0.15) is 0 Å². The predicted molar refractivity (Wildman–Crippen MR) is 323 cm³/mol. The fourth-order valence-electron chi connectivity index (χ4n) is 12.9. The third kappa shape index (κ3) is 14.0. The SMILES string of the molecule is CCCCCCCCC1(CCCCCCCC)c2cc(C)ccc2-c2ccc(-c3ccc(C)s3)cc21.CCCCCCCCC1(CCCCCCCC)c2cc(C)ccc2-c2ccc(-c3ccc(C)s3)cc21. The van der Waals surface area contributed by atoms with Gasteiger partial charge in [0.25, 0.3) is 0 Å². The average molecular weight is 1000 g/mol. The third-order valence-corrected chi connectivity index (χ3v) is 19.0. The summed E-state index contributed by atoms with van der Waals surface area (Å²) >= 11 is 3.86. The van der Waals surface area contributed by atoms with Crippen molar-refractivity contribution in [3.05, 3.63) is 140 Å². The van der Waals surface area contributed by atoms with Crippen LogP contribution in [-0.2, 0) is 10.8 Å². The first-order valence-electron chi connectivity index (χ1n) is 29.8. The minimum atomic E-state index is 0.175. The van der Waals surface area contributed by atoms with Crippen LogP contribution in [0.25, 0.3) is 43.1 Å². The van der Waals surface area contributed by atoms with E-state index in [4.69, 9.17) is 0 Å². The molecule has 0 radical (unpaired) electrons. The number of benzene rings is 4. The van der Waals surface area contributed by atoms with Crippen molar-refractivity contribution >= 4 is 22.7 Å². The van der Waals surface area contributed by atoms with Gasteiger partial charge in [-0.25, -0.2) is 0 Å². The van der Waals surface area contributed by atoms with E-state index in [1.807, 2.05) is 22.7 Å². The molecule has 0 saturated carbocycles. The van der Waals surface area contributed by atoms with E-state index in [1.54, 1.807) is 22.3 Å². The van der Waals surface area contributed by atoms with Crippen LogP contribution in [0.3, 0.4) is 0 Å². The zero-order valence-electron chi connectivity index (χ0n) is 46.9. The molecule has 0 fully saturated rings. The summed E-state index contributed by atoms with van der Waals surface area (Å²) in [5.41, 5.74) is 18.5. The number of hydrogen-bond donors (Lipinski definition) is 0. The number of thiophene rings is 2. The van der Waals surface area contributed by atoms with E-state index in [0.29, 0.717) is 0 Å². The van der Waals surface area contributed by atoms with Crippen LogP contribution in [-0.4, -0.2) is 0 Å². The first-order chi connectivity index (χ1) is 35.2. The van der Waals surface area contributed by atoms with Crippen LogP contribution in [0.1, 0.15) is 251 Å². The molecule has 2 aliphatic carbocycles. The zero-order chi connectivity index (χ0) is 50.8. The Bertz CT molecular complexity index is 2350. The molecular weight excluding hydrogens is 905 g/mol. The van der Waals surface area contributed by atoms with Crippen LogP contribution in [0.5, 0.6) is 0 Å². The second-order valence-corrected chi connectivity index (χ2v) is 25.3. The fraction of sp³-hybridized carbons (Fsp3) is 0.543. The normalized spacial score (nSPS) is 13.7. The number of unbranched alkanes of at least 4 members (excludes halogenated alkanes) is 20. The van der Waals surface area contributed by atoms with Gasteiger partial charge in [0, 0.05) is 30.3 Å². The molecule has 0 aliphatic heterocycles. The maximum absolute atomic E-state index is 2.59. The highest BCUT2D eigenvalue weighted by Gasteiger charge is 2.44. The summed E-state index contributed by atoms with van der Waals surface area (Å²) in [5, 5.41) is 0. The van der Waals surface area contributed by atoms with Crippen molar-refractivity contribution in [3.63, 3.8) is 0 Å². The molecule has 4 aromatic carbocycles. The second kappa shape index (κ2) is 28.3. The maximum atomic E-state index is 2.59. The van der Waals surface area contributed by atoms with E-state index in [2.05, 4.69) is 152 Å². The van der Waals surface area contributed by atoms with Crippen LogP contribution >= 0.6 is 22.7 Å². The number of hydrogen-bond acceptors (Lipinski definition) is 2. The Morgan fingerprint density at radius 1 is 0.292 bits per heavy atom. The van der Waals surface area contributed by atoms with Gasteiger partial charge in [-0.3, -0.25) is 0 Å². The molecule has 2 heteroatoms. The van der Waals surface area contributed by atoms with Crippen molar-refractivity contribution in [2.75, 3.05) is 0 Å². The maximum Gasteiger partial charge on any atom is 0.0345 e. The van der Waals surface area contributed by atoms with Gasteiger partial charge in [-0.1, -0.05) is 254 Å². The molecule has 388 valence electrons. The minimum Gasteiger partial charge on any atom is -0.141 e. The van der Waals surface area contributed by atoms with Crippen LogP contribution in [0.15, 0.2) is 97.1 Å². The quantitative estimate of drug-likeness (QED) is 0.0395. The zero-order valence-corrected chi connectivity index (χ0v) is 48.5. The highest BCUT2D eigenvalue weighted by molar-refractivity contribution is 7.15. The standard InChI is InChI=1S/2C35H48S/c2*1-5-7-9-11-13-15-23-35(24-16-14-12-10-8-6-2)32-25-27(3)17-20-30(32)31-21-19-29(26-33(31)35)34-22-18-28(4)36-34/h2*17-22,25-26H,5-16,23-24H2,1-4H3. The largest absolute Gasteiger partial charge is 0.141 e. The van der Waals surface area contributed by atoms with E-state index in [1.165, 1.54) is 244 Å². The Hall–Kier alpha value is -3.72. The highest BCUT2D eigenvalue weighted by atomic mass is 32.1. The molecule has 0 unspecified atom stereocenters. The van der Waals surface area contributed by atoms with Crippen molar-refractivity contribution in [1.29, 1.82) is 0 Å². The van der Waals surface area contributed by atoms with Crippen LogP contribution in [0.4, 0.5) is 0 Å². The van der Waals surface area contributed by atoms with E-state index in [9.17, 15) is 0 Å². The molecule has 8 rings (SSSR count). The van der Waals surface area contributed by atoms with Gasteiger partial charge in [0.05, 0.1) is 0 Å². The third-order valence-electron chi connectivity index (χ3n) is 16.9. The number of aryl methyl sites for hydroxylation is 4. The highest BCUT2D eigenvalue weighted by Crippen LogP contribution is 2.57. The van der Waals surface area contributed by atoms with Gasteiger partial charge >= 0.3 is 0 Å². The molecule has 0 atom stereocenters. The van der Waals surface area contributed by atoms with Crippen LogP contribution in [0, 0.1) is 27.7 Å². The predicted octanol–water partition coefficient (Wildman–Crippen LogP) is 23.6. The molecular formula is C70H96S2. The summed E-state index contributed by atoms with van der Waals surface area (Å²) in [6.07, 6.45) is 38.1. The lowest BCUT2D eigenvalue weighted by atomic mass is 9.70. The van der Waals surface area contributed by atoms with Crippen molar-refractivity contribution < 1.29 is 0 Å². The number of rotatable bonds is 30. The van der Waals surface area contributed by atoms with Crippen LogP contribution in [0.2, 0.25) is 0 Å². The van der Waals surface area contributed by atoms with Gasteiger partial charge in [0.15, 0.2) is 0 Å². The summed E-state index contributed by atoms with van der Waals surface area (Å²) in [6.45, 7) is 18.3. The summed E-state index contributed by atoms with van der Waals surface area (Å²) in [5.74, 6) is 0. The monoisotopic (exact) mass is 1000 g/mol. The van der Waals surface area contributed by atoms with E-state index < -0.39 is 0 Å². The van der Waals surface area contributed by atoms with Crippen molar-refractivity contribution in [2.45, 2.75) is 246 Å². The minimum absolute atomic E-state index is 0.175. The topological polar surface area (TPSA) is 0 Å². The summed E-state index contributed by atoms with van der Waals surface area (Å²) in [6, 6.07) is 38.5. The van der Waals surface area contributed by atoms with E-state index in [0.717, 1.165) is 0 Å². The average Bonchev–Trinajstić information content (AvgIpc) is 4.15. The molecule has 0 bridgehead atoms. The lowest BCUT2D eigenvalue weighted by Crippen LogP contribution is -2.25. The first-order valence-corrected chi connectivity index (χ1v) is 31.5. The van der Waals surface area contributed by atoms with E-state index >= 15 is 0 Å². The lowest BCUT2D eigenvalue weighted by Gasteiger charge is -2.33. The van der Waals surface area contributed by atoms with Gasteiger partial charge < -0.3 is 0 Å². The summed E-state index contributed by atoms with van der Waals surface area (Å²) in [7, 11) is 0. The second-order valence-electron chi connectivity index (χ2n) is 22.7. The first kappa shape index (κ1) is 56.0. The molecule has 0 spiro atoms. The van der Waals surface area contributed by atoms with E-state index in [-0.39, 0.29) is 10.8 Å². The van der Waals surface area contributed by atoms with Crippen molar-refractivity contribution in [3.8, 4) is 43.1 Å². The smallest absolute Gasteiger partial charge is 0.0345 e. The van der Waals surface area contributed by atoms with Gasteiger partial charge in [-0.05, 0) is 145 Å². The Labute approximate surface area is 449 Å². The Morgan fingerprint density at radius 3 is 0.861 bits per heavy atom. The Balaban J connectivity index is 0.000000211. The molecule has 0 nitrogen and oxygen atoms in total. The Morgan fingerprint density at radius 2 is 0.569 bits per heavy atom. The summed E-state index contributed by atoms with van der Waals surface area (Å²) < 4.78 is 0. The Kier molecular flexibility index (Phi) is 22.0. The molecule has 0 saturated heterocycles. The fourth-order valence-corrected chi connectivity index (χ4v) is 14.6. The van der Waals surface area contributed by atoms with Crippen LogP contribution < -0.4 is 0 Å². The van der Waals surface area contributed by atoms with Crippen molar-refractivity contribution in [2.24, 2.45) is 0 Å². The molecule has 0 amide bonds. The van der Waals surface area contributed by atoms with Crippen molar-refractivity contribution in [1.82, 2.24) is 0 Å².